The summed E-state index contributed by atoms with van der Waals surface area (Å²) in [5.41, 5.74) is 4.26. The molecule has 5 nitrogen and oxygen atoms in total. The molecule has 0 radical (unpaired) electrons. The number of anilines is 2. The first-order valence-electron chi connectivity index (χ1n) is 6.52. The van der Waals surface area contributed by atoms with Crippen molar-refractivity contribution in [2.45, 2.75) is 6.54 Å². The highest BCUT2D eigenvalue weighted by Crippen LogP contribution is 2.24. The van der Waals surface area contributed by atoms with Crippen LogP contribution in [0.3, 0.4) is 0 Å². The number of aromatic nitrogens is 3. The van der Waals surface area contributed by atoms with Gasteiger partial charge >= 0.3 is 0 Å². The summed E-state index contributed by atoms with van der Waals surface area (Å²) in [4.78, 5) is 10.5. The Morgan fingerprint density at radius 1 is 1.20 bits per heavy atom. The summed E-state index contributed by atoms with van der Waals surface area (Å²) < 4.78 is 2.04. The molecular weight excluding hydrogens is 250 g/mol. The highest BCUT2D eigenvalue weighted by Gasteiger charge is 2.05. The Morgan fingerprint density at radius 2 is 2.05 bits per heavy atom. The summed E-state index contributed by atoms with van der Waals surface area (Å²) in [7, 11) is 4.08. The van der Waals surface area contributed by atoms with Crippen LogP contribution in [0.1, 0.15) is 5.69 Å². The van der Waals surface area contributed by atoms with Crippen molar-refractivity contribution in [3.63, 3.8) is 0 Å². The maximum Gasteiger partial charge on any atom is 0.155 e. The molecule has 0 atom stereocenters. The van der Waals surface area contributed by atoms with Gasteiger partial charge in [-0.2, -0.15) is 0 Å². The van der Waals surface area contributed by atoms with Crippen molar-refractivity contribution in [3.8, 4) is 0 Å². The van der Waals surface area contributed by atoms with Gasteiger partial charge in [0, 0.05) is 26.5 Å². The maximum absolute atomic E-state index is 4.34. The first-order valence-corrected chi connectivity index (χ1v) is 6.52. The minimum Gasteiger partial charge on any atom is -0.378 e. The Morgan fingerprint density at radius 3 is 2.90 bits per heavy atom. The van der Waals surface area contributed by atoms with Crippen LogP contribution >= 0.6 is 0 Å². The zero-order valence-electron chi connectivity index (χ0n) is 11.6. The van der Waals surface area contributed by atoms with Crippen molar-refractivity contribution in [1.82, 2.24) is 14.4 Å². The fourth-order valence-corrected chi connectivity index (χ4v) is 2.22. The molecule has 0 aliphatic carbocycles. The molecule has 0 saturated carbocycles. The lowest BCUT2D eigenvalue weighted by atomic mass is 10.2. The molecule has 0 spiro atoms. The lowest BCUT2D eigenvalue weighted by Gasteiger charge is -2.18. The van der Waals surface area contributed by atoms with E-state index >= 15 is 0 Å². The molecule has 0 fully saturated rings. The first-order chi connectivity index (χ1) is 9.75. The van der Waals surface area contributed by atoms with Crippen molar-refractivity contribution < 1.29 is 0 Å². The van der Waals surface area contributed by atoms with Gasteiger partial charge in [0.15, 0.2) is 5.65 Å². The zero-order valence-corrected chi connectivity index (χ0v) is 11.6. The van der Waals surface area contributed by atoms with Crippen LogP contribution < -0.4 is 10.2 Å². The highest BCUT2D eigenvalue weighted by atomic mass is 15.1. The number of imidazole rings is 1. The van der Waals surface area contributed by atoms with Crippen LogP contribution in [-0.2, 0) is 6.54 Å². The lowest BCUT2D eigenvalue weighted by Crippen LogP contribution is -2.12. The van der Waals surface area contributed by atoms with Gasteiger partial charge in [-0.25, -0.2) is 4.98 Å². The topological polar surface area (TPSA) is 45.5 Å². The van der Waals surface area contributed by atoms with Gasteiger partial charge in [-0.05, 0) is 12.1 Å². The van der Waals surface area contributed by atoms with Gasteiger partial charge in [0.25, 0.3) is 0 Å². The molecular formula is C15H17N5. The molecule has 0 bridgehead atoms. The van der Waals surface area contributed by atoms with Crippen LogP contribution in [0.25, 0.3) is 5.65 Å². The molecule has 2 heterocycles. The molecule has 0 aliphatic rings. The molecule has 0 amide bonds. The van der Waals surface area contributed by atoms with E-state index in [-0.39, 0.29) is 0 Å². The Bertz CT molecular complexity index is 717. The van der Waals surface area contributed by atoms with Gasteiger partial charge in [-0.15, -0.1) is 0 Å². The van der Waals surface area contributed by atoms with Gasteiger partial charge in [0.1, 0.15) is 0 Å². The fourth-order valence-electron chi connectivity index (χ4n) is 2.22. The second kappa shape index (κ2) is 5.21. The van der Waals surface area contributed by atoms with Crippen molar-refractivity contribution >= 4 is 17.0 Å². The molecule has 2 aromatic heterocycles. The average molecular weight is 267 g/mol. The number of para-hydroxylation sites is 2. The van der Waals surface area contributed by atoms with E-state index in [2.05, 4.69) is 32.3 Å². The second-order valence-corrected chi connectivity index (χ2v) is 4.82. The number of nitrogens with zero attached hydrogens (tertiary/aromatic N) is 4. The number of fused-ring (bicyclic) bond motifs is 1. The summed E-state index contributed by atoms with van der Waals surface area (Å²) in [6.45, 7) is 0.718. The number of benzene rings is 1. The molecule has 3 rings (SSSR count). The molecule has 102 valence electrons. The standard InChI is InChI=1S/C15H17N5/c1-19(2)14-6-4-3-5-13(14)17-9-12-10-18-15-11-16-7-8-20(12)15/h3-8,10-11,17H,9H2,1-2H3. The lowest BCUT2D eigenvalue weighted by molar-refractivity contribution is 0.988. The predicted octanol–water partition coefficient (Wildman–Crippen LogP) is 2.41. The third-order valence-corrected chi connectivity index (χ3v) is 3.24. The average Bonchev–Trinajstić information content (AvgIpc) is 2.88. The third-order valence-electron chi connectivity index (χ3n) is 3.24. The van der Waals surface area contributed by atoms with Crippen molar-refractivity contribution in [2.24, 2.45) is 0 Å². The fraction of sp³-hybridized carbons (Fsp3) is 0.200. The first kappa shape index (κ1) is 12.5. The zero-order chi connectivity index (χ0) is 13.9. The number of rotatable bonds is 4. The molecule has 0 unspecified atom stereocenters. The Hall–Kier alpha value is -2.56. The van der Waals surface area contributed by atoms with Crippen molar-refractivity contribution in [2.75, 3.05) is 24.3 Å². The van der Waals surface area contributed by atoms with E-state index in [4.69, 9.17) is 0 Å². The number of nitrogens with one attached hydrogen (secondary N) is 1. The van der Waals surface area contributed by atoms with Crippen LogP contribution in [0.2, 0.25) is 0 Å². The summed E-state index contributed by atoms with van der Waals surface area (Å²) in [6, 6.07) is 8.26. The molecule has 0 aliphatic heterocycles. The monoisotopic (exact) mass is 267 g/mol. The van der Waals surface area contributed by atoms with Crippen LogP contribution in [0, 0.1) is 0 Å². The van der Waals surface area contributed by atoms with Gasteiger partial charge in [0.2, 0.25) is 0 Å². The summed E-state index contributed by atoms with van der Waals surface area (Å²) in [5, 5.41) is 3.47. The minimum absolute atomic E-state index is 0.718. The molecule has 5 heteroatoms. The minimum atomic E-state index is 0.718. The summed E-state index contributed by atoms with van der Waals surface area (Å²) in [5.74, 6) is 0. The van der Waals surface area contributed by atoms with Crippen molar-refractivity contribution in [3.05, 3.63) is 54.7 Å². The normalized spacial score (nSPS) is 10.7. The summed E-state index contributed by atoms with van der Waals surface area (Å²) >= 11 is 0. The smallest absolute Gasteiger partial charge is 0.155 e. The van der Waals surface area contributed by atoms with Gasteiger partial charge in [0.05, 0.1) is 36.0 Å². The van der Waals surface area contributed by atoms with Gasteiger partial charge < -0.3 is 10.2 Å². The molecule has 1 aromatic carbocycles. The summed E-state index contributed by atoms with van der Waals surface area (Å²) in [6.07, 6.45) is 7.34. The third kappa shape index (κ3) is 2.30. The van der Waals surface area contributed by atoms with E-state index in [9.17, 15) is 0 Å². The molecule has 3 aromatic rings. The van der Waals surface area contributed by atoms with Crippen LogP contribution in [0.15, 0.2) is 49.1 Å². The van der Waals surface area contributed by atoms with Crippen LogP contribution in [0.5, 0.6) is 0 Å². The van der Waals surface area contributed by atoms with Gasteiger partial charge in [-0.3, -0.25) is 9.38 Å². The van der Waals surface area contributed by atoms with E-state index in [0.717, 1.165) is 23.6 Å². The van der Waals surface area contributed by atoms with E-state index in [1.807, 2.05) is 43.0 Å². The highest BCUT2D eigenvalue weighted by molar-refractivity contribution is 5.69. The van der Waals surface area contributed by atoms with E-state index in [1.165, 1.54) is 5.69 Å². The second-order valence-electron chi connectivity index (χ2n) is 4.82. The van der Waals surface area contributed by atoms with E-state index in [1.54, 1.807) is 12.4 Å². The van der Waals surface area contributed by atoms with Gasteiger partial charge in [-0.1, -0.05) is 12.1 Å². The predicted molar refractivity (Wildman–Crippen MR) is 81.1 cm³/mol. The van der Waals surface area contributed by atoms with Crippen LogP contribution in [0.4, 0.5) is 11.4 Å². The van der Waals surface area contributed by atoms with E-state index < -0.39 is 0 Å². The van der Waals surface area contributed by atoms with Crippen LogP contribution in [-0.4, -0.2) is 28.5 Å². The number of hydrogen-bond acceptors (Lipinski definition) is 4. The molecule has 20 heavy (non-hydrogen) atoms. The Balaban J connectivity index is 1.83. The largest absolute Gasteiger partial charge is 0.378 e. The SMILES string of the molecule is CN(C)c1ccccc1NCc1cnc2cnccn12. The van der Waals surface area contributed by atoms with Crippen molar-refractivity contribution in [1.29, 1.82) is 0 Å². The Kier molecular flexibility index (Phi) is 3.25. The van der Waals surface area contributed by atoms with E-state index in [0.29, 0.717) is 0 Å². The quantitative estimate of drug-likeness (QED) is 0.788. The molecule has 1 N–H and O–H groups in total. The Labute approximate surface area is 117 Å². The number of hydrogen-bond donors (Lipinski definition) is 1. The molecule has 0 saturated heterocycles. The maximum atomic E-state index is 4.34.